The van der Waals surface area contributed by atoms with E-state index in [0.717, 1.165) is 5.56 Å². The van der Waals surface area contributed by atoms with E-state index in [-0.39, 0.29) is 44.0 Å². The normalized spacial score (nSPS) is 13.3. The number of rotatable bonds is 7. The maximum atomic E-state index is 12.7. The van der Waals surface area contributed by atoms with Crippen LogP contribution in [-0.4, -0.2) is 48.5 Å². The molecule has 2 amide bonds. The molecule has 0 radical (unpaired) electrons. The Bertz CT molecular complexity index is 897. The van der Waals surface area contributed by atoms with Crippen molar-refractivity contribution in [2.24, 2.45) is 0 Å². The summed E-state index contributed by atoms with van der Waals surface area (Å²) in [4.78, 5) is 40.5. The summed E-state index contributed by atoms with van der Waals surface area (Å²) >= 11 is 0. The van der Waals surface area contributed by atoms with Crippen molar-refractivity contribution in [2.75, 3.05) is 24.7 Å². The van der Waals surface area contributed by atoms with E-state index < -0.39 is 5.97 Å². The van der Waals surface area contributed by atoms with Gasteiger partial charge >= 0.3 is 5.97 Å². The van der Waals surface area contributed by atoms with E-state index >= 15 is 0 Å². The van der Waals surface area contributed by atoms with Crippen LogP contribution in [0.3, 0.4) is 0 Å². The number of hydrogen-bond acceptors (Lipinski definition) is 5. The van der Waals surface area contributed by atoms with Crippen molar-refractivity contribution in [3.05, 3.63) is 60.2 Å². The molecule has 0 unspecified atom stereocenters. The lowest BCUT2D eigenvalue weighted by Gasteiger charge is -2.27. The highest BCUT2D eigenvalue weighted by atomic mass is 16.5. The second kappa shape index (κ2) is 9.91. The van der Waals surface area contributed by atoms with Crippen molar-refractivity contribution >= 4 is 23.5 Å². The number of amides is 2. The van der Waals surface area contributed by atoms with Crippen LogP contribution in [0.25, 0.3) is 0 Å². The molecule has 1 aliphatic heterocycles. The zero-order valence-corrected chi connectivity index (χ0v) is 17.2. The number of nitrogens with zero attached hydrogens (tertiary/aromatic N) is 2. The molecule has 0 bridgehead atoms. The van der Waals surface area contributed by atoms with E-state index in [1.54, 1.807) is 29.2 Å². The fourth-order valence-electron chi connectivity index (χ4n) is 3.23. The molecule has 158 valence electrons. The predicted molar refractivity (Wildman–Crippen MR) is 112 cm³/mol. The molecular weight excluding hydrogens is 384 g/mol. The number of esters is 1. The molecule has 3 rings (SSSR count). The first-order valence-corrected chi connectivity index (χ1v) is 9.97. The predicted octanol–water partition coefficient (Wildman–Crippen LogP) is 2.78. The molecule has 0 aliphatic carbocycles. The summed E-state index contributed by atoms with van der Waals surface area (Å²) in [6.45, 7) is 3.87. The van der Waals surface area contributed by atoms with Crippen molar-refractivity contribution in [3.63, 3.8) is 0 Å². The van der Waals surface area contributed by atoms with Crippen LogP contribution in [0.2, 0.25) is 0 Å². The fraction of sp³-hybridized carbons (Fsp3) is 0.348. The first kappa shape index (κ1) is 21.4. The van der Waals surface area contributed by atoms with Gasteiger partial charge in [-0.05, 0) is 31.5 Å². The SMILES string of the molecule is CC(C)N(Cc1ccccc1)C(=O)COC(=O)CN1C(=O)CCOc2ccccc21. The van der Waals surface area contributed by atoms with Crippen LogP contribution in [-0.2, 0) is 25.7 Å². The number of benzene rings is 2. The van der Waals surface area contributed by atoms with Crippen molar-refractivity contribution in [1.82, 2.24) is 4.90 Å². The third-order valence-corrected chi connectivity index (χ3v) is 4.81. The number of hydrogen-bond donors (Lipinski definition) is 0. The minimum absolute atomic E-state index is 0.0485. The average molecular weight is 410 g/mol. The first-order valence-electron chi connectivity index (χ1n) is 9.97. The molecule has 7 nitrogen and oxygen atoms in total. The van der Waals surface area contributed by atoms with Crippen LogP contribution in [0.15, 0.2) is 54.6 Å². The zero-order valence-electron chi connectivity index (χ0n) is 17.2. The molecule has 0 spiro atoms. The lowest BCUT2D eigenvalue weighted by molar-refractivity contribution is -0.152. The molecule has 7 heteroatoms. The third kappa shape index (κ3) is 5.37. The standard InChI is InChI=1S/C23H26N2O5/c1-17(2)24(14-18-8-4-3-5-9-18)22(27)16-30-23(28)15-25-19-10-6-7-11-20(19)29-13-12-21(25)26/h3-11,17H,12-16H2,1-2H3. The maximum absolute atomic E-state index is 12.7. The largest absolute Gasteiger partial charge is 0.491 e. The lowest BCUT2D eigenvalue weighted by Crippen LogP contribution is -2.41. The van der Waals surface area contributed by atoms with Gasteiger partial charge in [-0.15, -0.1) is 0 Å². The lowest BCUT2D eigenvalue weighted by atomic mass is 10.2. The summed E-state index contributed by atoms with van der Waals surface area (Å²) < 4.78 is 10.8. The number of carbonyl (C=O) groups is 3. The van der Waals surface area contributed by atoms with Gasteiger partial charge in [0.25, 0.3) is 5.91 Å². The topological polar surface area (TPSA) is 76.2 Å². The monoisotopic (exact) mass is 410 g/mol. The molecule has 2 aromatic carbocycles. The maximum Gasteiger partial charge on any atom is 0.326 e. The summed E-state index contributed by atoms with van der Waals surface area (Å²) in [6.07, 6.45) is 0.166. The molecule has 0 N–H and O–H groups in total. The van der Waals surface area contributed by atoms with Crippen molar-refractivity contribution < 1.29 is 23.9 Å². The molecule has 0 aromatic heterocycles. The van der Waals surface area contributed by atoms with E-state index in [2.05, 4.69) is 0 Å². The van der Waals surface area contributed by atoms with Crippen LogP contribution in [0.5, 0.6) is 5.75 Å². The highest BCUT2D eigenvalue weighted by molar-refractivity contribution is 5.99. The van der Waals surface area contributed by atoms with Gasteiger partial charge in [0.2, 0.25) is 5.91 Å². The van der Waals surface area contributed by atoms with Crippen LogP contribution in [0, 0.1) is 0 Å². The Morgan fingerprint density at radius 1 is 1.10 bits per heavy atom. The molecule has 1 heterocycles. The second-order valence-corrected chi connectivity index (χ2v) is 7.31. The number of anilines is 1. The summed E-state index contributed by atoms with van der Waals surface area (Å²) in [7, 11) is 0. The van der Waals surface area contributed by atoms with Crippen LogP contribution in [0.1, 0.15) is 25.8 Å². The van der Waals surface area contributed by atoms with Crippen LogP contribution < -0.4 is 9.64 Å². The highest BCUT2D eigenvalue weighted by Crippen LogP contribution is 2.30. The van der Waals surface area contributed by atoms with Crippen LogP contribution >= 0.6 is 0 Å². The Kier molecular flexibility index (Phi) is 7.06. The summed E-state index contributed by atoms with van der Waals surface area (Å²) in [5.74, 6) is -0.609. The van der Waals surface area contributed by atoms with Gasteiger partial charge in [0.1, 0.15) is 12.3 Å². The molecule has 0 fully saturated rings. The third-order valence-electron chi connectivity index (χ3n) is 4.81. The van der Waals surface area contributed by atoms with E-state index in [1.807, 2.05) is 44.2 Å². The van der Waals surface area contributed by atoms with E-state index in [4.69, 9.17) is 9.47 Å². The fourth-order valence-corrected chi connectivity index (χ4v) is 3.23. The van der Waals surface area contributed by atoms with Crippen molar-refractivity contribution in [1.29, 1.82) is 0 Å². The number of fused-ring (bicyclic) bond motifs is 1. The van der Waals surface area contributed by atoms with E-state index in [0.29, 0.717) is 18.0 Å². The zero-order chi connectivity index (χ0) is 21.5. The minimum atomic E-state index is -0.642. The molecule has 0 saturated carbocycles. The van der Waals surface area contributed by atoms with Crippen LogP contribution in [0.4, 0.5) is 5.69 Å². The van der Waals surface area contributed by atoms with Gasteiger partial charge in [-0.1, -0.05) is 42.5 Å². The molecule has 2 aromatic rings. The van der Waals surface area contributed by atoms with Gasteiger partial charge in [-0.3, -0.25) is 19.3 Å². The number of ether oxygens (including phenoxy) is 2. The first-order chi connectivity index (χ1) is 14.5. The smallest absolute Gasteiger partial charge is 0.326 e. The highest BCUT2D eigenvalue weighted by Gasteiger charge is 2.26. The minimum Gasteiger partial charge on any atom is -0.491 e. The van der Waals surface area contributed by atoms with Crippen molar-refractivity contribution in [3.8, 4) is 5.75 Å². The number of carbonyl (C=O) groups excluding carboxylic acids is 3. The Morgan fingerprint density at radius 3 is 2.53 bits per heavy atom. The van der Waals surface area contributed by atoms with Gasteiger partial charge in [0.15, 0.2) is 6.61 Å². The van der Waals surface area contributed by atoms with E-state index in [1.165, 1.54) is 4.90 Å². The molecule has 0 atom stereocenters. The summed E-state index contributed by atoms with van der Waals surface area (Å²) in [5, 5.41) is 0. The Morgan fingerprint density at radius 2 is 1.80 bits per heavy atom. The summed E-state index contributed by atoms with van der Waals surface area (Å²) in [5.41, 5.74) is 1.52. The number of para-hydroxylation sites is 2. The summed E-state index contributed by atoms with van der Waals surface area (Å²) in [6, 6.07) is 16.6. The molecule has 0 saturated heterocycles. The molecule has 30 heavy (non-hydrogen) atoms. The molecular formula is C23H26N2O5. The van der Waals surface area contributed by atoms with E-state index in [9.17, 15) is 14.4 Å². The quantitative estimate of drug-likeness (QED) is 0.656. The van der Waals surface area contributed by atoms with Gasteiger partial charge in [0.05, 0.1) is 18.7 Å². The second-order valence-electron chi connectivity index (χ2n) is 7.31. The Balaban J connectivity index is 1.60. The van der Waals surface area contributed by atoms with Gasteiger partial charge in [-0.2, -0.15) is 0 Å². The Hall–Kier alpha value is -3.35. The Labute approximate surface area is 176 Å². The van der Waals surface area contributed by atoms with Crippen molar-refractivity contribution in [2.45, 2.75) is 32.9 Å². The van der Waals surface area contributed by atoms with Gasteiger partial charge < -0.3 is 14.4 Å². The van der Waals surface area contributed by atoms with Gasteiger partial charge in [-0.25, -0.2) is 0 Å². The molecule has 1 aliphatic rings. The van der Waals surface area contributed by atoms with Gasteiger partial charge in [0, 0.05) is 12.6 Å². The average Bonchev–Trinajstić information content (AvgIpc) is 2.90.